The first-order valence-corrected chi connectivity index (χ1v) is 7.91. The topological polar surface area (TPSA) is 49.8 Å². The number of hydrogen-bond acceptors (Lipinski definition) is 3. The van der Waals surface area contributed by atoms with Crippen LogP contribution in [0.25, 0.3) is 0 Å². The highest BCUT2D eigenvalue weighted by molar-refractivity contribution is 5.79. The molecule has 0 aliphatic heterocycles. The van der Waals surface area contributed by atoms with E-state index in [2.05, 4.69) is 15.3 Å². The number of hydrogen-bond donors (Lipinski definition) is 1. The standard InChI is InChI=1S/C18H21F3N4O/c1-22-17(23-11-15-5-4-6-16(24-15)26-3)25(2)12-13-7-9-14(10-8-13)18(19,20)21/h4-10H,11-12H2,1-3H3,(H,22,23). The van der Waals surface area contributed by atoms with E-state index < -0.39 is 11.7 Å². The van der Waals surface area contributed by atoms with Crippen LogP contribution in [0.15, 0.2) is 47.5 Å². The maximum atomic E-state index is 12.6. The second kappa shape index (κ2) is 8.55. The van der Waals surface area contributed by atoms with Crippen LogP contribution in [-0.4, -0.2) is 37.0 Å². The fraction of sp³-hybridized carbons (Fsp3) is 0.333. The normalized spacial score (nSPS) is 12.0. The molecule has 0 aliphatic carbocycles. The molecule has 5 nitrogen and oxygen atoms in total. The number of guanidine groups is 1. The van der Waals surface area contributed by atoms with Crippen LogP contribution in [-0.2, 0) is 19.3 Å². The Kier molecular flexibility index (Phi) is 6.43. The van der Waals surface area contributed by atoms with E-state index in [1.54, 1.807) is 20.2 Å². The Morgan fingerprint density at radius 1 is 1.19 bits per heavy atom. The number of aliphatic imine (C=N–C) groups is 1. The summed E-state index contributed by atoms with van der Waals surface area (Å²) in [6.45, 7) is 0.866. The zero-order valence-corrected chi connectivity index (χ0v) is 14.8. The van der Waals surface area contributed by atoms with E-state index in [-0.39, 0.29) is 0 Å². The zero-order valence-electron chi connectivity index (χ0n) is 14.8. The van der Waals surface area contributed by atoms with E-state index >= 15 is 0 Å². The van der Waals surface area contributed by atoms with Crippen LogP contribution in [0.3, 0.4) is 0 Å². The molecule has 140 valence electrons. The third-order valence-electron chi connectivity index (χ3n) is 3.69. The fourth-order valence-corrected chi connectivity index (χ4v) is 2.37. The Morgan fingerprint density at radius 2 is 1.88 bits per heavy atom. The molecule has 0 aliphatic rings. The van der Waals surface area contributed by atoms with Gasteiger partial charge in [-0.1, -0.05) is 18.2 Å². The van der Waals surface area contributed by atoms with Gasteiger partial charge in [0.2, 0.25) is 5.88 Å². The number of rotatable bonds is 5. The summed E-state index contributed by atoms with van der Waals surface area (Å²) in [7, 11) is 5.01. The maximum absolute atomic E-state index is 12.6. The van der Waals surface area contributed by atoms with Gasteiger partial charge in [-0.05, 0) is 23.8 Å². The number of aromatic nitrogens is 1. The monoisotopic (exact) mass is 366 g/mol. The highest BCUT2D eigenvalue weighted by Crippen LogP contribution is 2.29. The van der Waals surface area contributed by atoms with Crippen LogP contribution in [0.1, 0.15) is 16.8 Å². The Hall–Kier alpha value is -2.77. The van der Waals surface area contributed by atoms with E-state index in [1.165, 1.54) is 12.1 Å². The summed E-state index contributed by atoms with van der Waals surface area (Å²) in [5.41, 5.74) is 0.881. The molecule has 0 amide bonds. The Bertz CT molecular complexity index is 745. The van der Waals surface area contributed by atoms with Gasteiger partial charge >= 0.3 is 6.18 Å². The van der Waals surface area contributed by atoms with Crippen molar-refractivity contribution in [3.05, 3.63) is 59.3 Å². The van der Waals surface area contributed by atoms with Crippen molar-refractivity contribution in [3.63, 3.8) is 0 Å². The molecule has 0 radical (unpaired) electrons. The molecular weight excluding hydrogens is 345 g/mol. The number of alkyl halides is 3. The van der Waals surface area contributed by atoms with Gasteiger partial charge in [0.15, 0.2) is 5.96 Å². The third kappa shape index (κ3) is 5.37. The van der Waals surface area contributed by atoms with Crippen LogP contribution < -0.4 is 10.1 Å². The highest BCUT2D eigenvalue weighted by atomic mass is 19.4. The molecule has 0 saturated carbocycles. The van der Waals surface area contributed by atoms with Crippen molar-refractivity contribution >= 4 is 5.96 Å². The first kappa shape index (κ1) is 19.6. The number of benzene rings is 1. The van der Waals surface area contributed by atoms with Crippen molar-refractivity contribution in [2.45, 2.75) is 19.3 Å². The fourth-order valence-electron chi connectivity index (χ4n) is 2.37. The van der Waals surface area contributed by atoms with Gasteiger partial charge < -0.3 is 15.0 Å². The van der Waals surface area contributed by atoms with Crippen molar-refractivity contribution in [1.82, 2.24) is 15.2 Å². The number of pyridine rings is 1. The molecule has 1 aromatic heterocycles. The van der Waals surface area contributed by atoms with E-state index in [1.807, 2.05) is 24.1 Å². The van der Waals surface area contributed by atoms with Gasteiger partial charge in [-0.2, -0.15) is 13.2 Å². The summed E-state index contributed by atoms with van der Waals surface area (Å²) in [5.74, 6) is 1.13. The van der Waals surface area contributed by atoms with Gasteiger partial charge in [0.05, 0.1) is 24.9 Å². The predicted octanol–water partition coefficient (Wildman–Crippen LogP) is 3.32. The van der Waals surface area contributed by atoms with Crippen LogP contribution >= 0.6 is 0 Å². The number of halogens is 3. The lowest BCUT2D eigenvalue weighted by atomic mass is 10.1. The molecule has 0 saturated heterocycles. The van der Waals surface area contributed by atoms with E-state index in [9.17, 15) is 13.2 Å². The van der Waals surface area contributed by atoms with Crippen LogP contribution in [0, 0.1) is 0 Å². The molecule has 2 rings (SSSR count). The van der Waals surface area contributed by atoms with Gasteiger partial charge in [-0.15, -0.1) is 0 Å². The first-order chi connectivity index (χ1) is 12.3. The largest absolute Gasteiger partial charge is 0.481 e. The first-order valence-electron chi connectivity index (χ1n) is 7.91. The molecule has 0 unspecified atom stereocenters. The molecule has 2 aromatic rings. The van der Waals surface area contributed by atoms with Gasteiger partial charge in [0.1, 0.15) is 0 Å². The Labute approximate surface area is 150 Å². The average Bonchev–Trinajstić information content (AvgIpc) is 2.62. The Morgan fingerprint density at radius 3 is 2.46 bits per heavy atom. The van der Waals surface area contributed by atoms with Gasteiger partial charge in [0.25, 0.3) is 0 Å². The average molecular weight is 366 g/mol. The maximum Gasteiger partial charge on any atom is 0.416 e. The predicted molar refractivity (Wildman–Crippen MR) is 93.9 cm³/mol. The highest BCUT2D eigenvalue weighted by Gasteiger charge is 2.29. The second-order valence-corrected chi connectivity index (χ2v) is 5.62. The van der Waals surface area contributed by atoms with Crippen molar-refractivity contribution in [1.29, 1.82) is 0 Å². The van der Waals surface area contributed by atoms with Crippen molar-refractivity contribution < 1.29 is 17.9 Å². The molecule has 8 heteroatoms. The number of nitrogens with one attached hydrogen (secondary N) is 1. The van der Waals surface area contributed by atoms with Crippen LogP contribution in [0.5, 0.6) is 5.88 Å². The van der Waals surface area contributed by atoms with Crippen molar-refractivity contribution in [2.75, 3.05) is 21.2 Å². The third-order valence-corrected chi connectivity index (χ3v) is 3.69. The van der Waals surface area contributed by atoms with Gasteiger partial charge in [-0.25, -0.2) is 4.98 Å². The lowest BCUT2D eigenvalue weighted by Gasteiger charge is -2.22. The molecule has 1 aromatic carbocycles. The summed E-state index contributed by atoms with van der Waals surface area (Å²) in [4.78, 5) is 10.3. The quantitative estimate of drug-likeness (QED) is 0.652. The summed E-state index contributed by atoms with van der Waals surface area (Å²) < 4.78 is 43.0. The van der Waals surface area contributed by atoms with E-state index in [0.29, 0.717) is 24.9 Å². The molecule has 1 N–H and O–H groups in total. The van der Waals surface area contributed by atoms with Crippen LogP contribution in [0.4, 0.5) is 13.2 Å². The SMILES string of the molecule is CN=C(NCc1cccc(OC)n1)N(C)Cc1ccc(C(F)(F)F)cc1. The lowest BCUT2D eigenvalue weighted by molar-refractivity contribution is -0.137. The van der Waals surface area contributed by atoms with Gasteiger partial charge in [-0.3, -0.25) is 4.99 Å². The molecular formula is C18H21F3N4O. The molecule has 0 fully saturated rings. The van der Waals surface area contributed by atoms with Crippen molar-refractivity contribution in [2.24, 2.45) is 4.99 Å². The number of nitrogens with zero attached hydrogens (tertiary/aromatic N) is 3. The number of methoxy groups -OCH3 is 1. The summed E-state index contributed by atoms with van der Waals surface area (Å²) in [6.07, 6.45) is -4.33. The Balaban J connectivity index is 1.96. The minimum atomic E-state index is -4.33. The minimum absolute atomic E-state index is 0.420. The minimum Gasteiger partial charge on any atom is -0.481 e. The van der Waals surface area contributed by atoms with E-state index in [4.69, 9.17) is 4.74 Å². The van der Waals surface area contributed by atoms with E-state index in [0.717, 1.165) is 23.4 Å². The van der Waals surface area contributed by atoms with Gasteiger partial charge in [0, 0.05) is 26.7 Å². The zero-order chi connectivity index (χ0) is 19.2. The molecule has 26 heavy (non-hydrogen) atoms. The molecule has 0 bridgehead atoms. The smallest absolute Gasteiger partial charge is 0.416 e. The molecule has 1 heterocycles. The molecule has 0 atom stereocenters. The summed E-state index contributed by atoms with van der Waals surface area (Å²) >= 11 is 0. The van der Waals surface area contributed by atoms with Crippen LogP contribution in [0.2, 0.25) is 0 Å². The summed E-state index contributed by atoms with van der Waals surface area (Å²) in [6, 6.07) is 10.6. The van der Waals surface area contributed by atoms with Crippen molar-refractivity contribution in [3.8, 4) is 5.88 Å². The number of ether oxygens (including phenoxy) is 1. The summed E-state index contributed by atoms with van der Waals surface area (Å²) in [5, 5.41) is 3.17. The molecule has 0 spiro atoms. The second-order valence-electron chi connectivity index (χ2n) is 5.62. The lowest BCUT2D eigenvalue weighted by Crippen LogP contribution is -2.38.